The first kappa shape index (κ1) is 15.4. The van der Waals surface area contributed by atoms with E-state index in [9.17, 15) is 0 Å². The topological polar surface area (TPSA) is 12.0 Å². The molecule has 1 unspecified atom stereocenters. The lowest BCUT2D eigenvalue weighted by Crippen LogP contribution is -2.22. The number of fused-ring (bicyclic) bond motifs is 1. The Hall–Kier alpha value is -0.480. The highest BCUT2D eigenvalue weighted by atomic mass is 35.5. The van der Waals surface area contributed by atoms with Crippen LogP contribution in [0.25, 0.3) is 0 Å². The van der Waals surface area contributed by atoms with E-state index in [1.807, 2.05) is 35.2 Å². The molecule has 0 amide bonds. The number of likely N-dealkylation sites (N-methyl/N-ethyl adjacent to an activating group) is 1. The molecule has 1 N–H and O–H groups in total. The molecule has 0 bridgehead atoms. The van der Waals surface area contributed by atoms with Gasteiger partial charge >= 0.3 is 0 Å². The van der Waals surface area contributed by atoms with Crippen LogP contribution in [0, 0.1) is 0 Å². The van der Waals surface area contributed by atoms with Gasteiger partial charge in [0.05, 0.1) is 0 Å². The Kier molecular flexibility index (Phi) is 5.28. The predicted molar refractivity (Wildman–Crippen MR) is 95.8 cm³/mol. The molecule has 2 aromatic rings. The summed E-state index contributed by atoms with van der Waals surface area (Å²) >= 11 is 10.4. The summed E-state index contributed by atoms with van der Waals surface area (Å²) < 4.78 is 0. The monoisotopic (exact) mass is 337 g/mol. The maximum Gasteiger partial charge on any atom is 0.0456 e. The quantitative estimate of drug-likeness (QED) is 0.816. The van der Waals surface area contributed by atoms with E-state index >= 15 is 0 Å². The molecule has 1 atom stereocenters. The van der Waals surface area contributed by atoms with Crippen molar-refractivity contribution in [1.82, 2.24) is 5.32 Å². The molecule has 1 nitrogen and oxygen atoms in total. The summed E-state index contributed by atoms with van der Waals surface area (Å²) in [6.45, 7) is 3.15. The van der Waals surface area contributed by atoms with Gasteiger partial charge in [-0.1, -0.05) is 36.7 Å². The lowest BCUT2D eigenvalue weighted by Gasteiger charge is -2.17. The van der Waals surface area contributed by atoms with Gasteiger partial charge in [-0.25, -0.2) is 0 Å². The number of thiophene rings is 1. The number of thioether (sulfide) groups is 1. The molecule has 0 spiro atoms. The van der Waals surface area contributed by atoms with Gasteiger partial charge in [-0.05, 0) is 48.4 Å². The van der Waals surface area contributed by atoms with E-state index in [0.717, 1.165) is 18.0 Å². The van der Waals surface area contributed by atoms with Crippen LogP contribution in [-0.4, -0.2) is 12.3 Å². The molecule has 1 aromatic heterocycles. The Bertz CT molecular complexity index is 585. The Morgan fingerprint density at radius 2 is 2.19 bits per heavy atom. The summed E-state index contributed by atoms with van der Waals surface area (Å²) in [5.41, 5.74) is 2.78. The molecule has 1 aromatic carbocycles. The first-order valence-corrected chi connectivity index (χ1v) is 9.79. The third-order valence-corrected chi connectivity index (χ3v) is 6.55. The molecule has 0 aliphatic carbocycles. The highest BCUT2D eigenvalue weighted by Crippen LogP contribution is 2.36. The zero-order chi connectivity index (χ0) is 14.7. The Labute approximate surface area is 140 Å². The van der Waals surface area contributed by atoms with Crippen molar-refractivity contribution in [2.75, 3.05) is 12.3 Å². The second-order valence-corrected chi connectivity index (χ2v) is 7.99. The fraction of sp³-hybridized carbons (Fsp3) is 0.412. The summed E-state index contributed by atoms with van der Waals surface area (Å²) in [7, 11) is 0. The van der Waals surface area contributed by atoms with Crippen molar-refractivity contribution >= 4 is 34.7 Å². The first-order valence-electron chi connectivity index (χ1n) is 7.44. The van der Waals surface area contributed by atoms with Crippen LogP contribution < -0.4 is 5.32 Å². The molecule has 0 saturated heterocycles. The minimum absolute atomic E-state index is 0.371. The van der Waals surface area contributed by atoms with Crippen LogP contribution in [0.4, 0.5) is 0 Å². The van der Waals surface area contributed by atoms with E-state index in [1.165, 1.54) is 28.4 Å². The second kappa shape index (κ2) is 7.19. The number of benzene rings is 1. The molecule has 0 saturated carbocycles. The summed E-state index contributed by atoms with van der Waals surface area (Å²) in [5, 5.41) is 4.50. The third-order valence-electron chi connectivity index (χ3n) is 3.82. The van der Waals surface area contributed by atoms with Gasteiger partial charge in [0.15, 0.2) is 0 Å². The van der Waals surface area contributed by atoms with Crippen LogP contribution in [0.5, 0.6) is 0 Å². The lowest BCUT2D eigenvalue weighted by atomic mass is 10.0. The zero-order valence-electron chi connectivity index (χ0n) is 12.2. The average molecular weight is 338 g/mol. The number of aryl methyl sites for hydroxylation is 1. The highest BCUT2D eigenvalue weighted by Gasteiger charge is 2.19. The number of halogens is 1. The fourth-order valence-electron chi connectivity index (χ4n) is 2.75. The first-order chi connectivity index (χ1) is 10.3. The summed E-state index contributed by atoms with van der Waals surface area (Å²) in [6.07, 6.45) is 2.19. The number of rotatable bonds is 5. The molecular weight excluding hydrogens is 318 g/mol. The number of hydrogen-bond acceptors (Lipinski definition) is 3. The average Bonchev–Trinajstić information content (AvgIpc) is 2.93. The van der Waals surface area contributed by atoms with E-state index < -0.39 is 0 Å². The fourth-order valence-corrected chi connectivity index (χ4v) is 5.41. The Balaban J connectivity index is 1.84. The minimum Gasteiger partial charge on any atom is -0.309 e. The van der Waals surface area contributed by atoms with Crippen molar-refractivity contribution in [1.29, 1.82) is 0 Å². The van der Waals surface area contributed by atoms with E-state index in [4.69, 9.17) is 11.6 Å². The van der Waals surface area contributed by atoms with E-state index in [-0.39, 0.29) is 0 Å². The van der Waals surface area contributed by atoms with Crippen LogP contribution in [0.1, 0.15) is 33.8 Å². The largest absolute Gasteiger partial charge is 0.309 e. The van der Waals surface area contributed by atoms with Gasteiger partial charge in [-0.15, -0.1) is 11.3 Å². The van der Waals surface area contributed by atoms with Crippen LogP contribution >= 0.6 is 34.7 Å². The summed E-state index contributed by atoms with van der Waals surface area (Å²) in [6, 6.07) is 11.0. The van der Waals surface area contributed by atoms with Crippen LogP contribution in [-0.2, 0) is 18.6 Å². The standard InChI is InChI=1S/C17H20ClNS2/c1-2-19-15(9-12-5-3-4-6-14(12)18)17-10-13-11-20-8-7-16(13)21-17/h3-6,10,15,19H,2,7-9,11H2,1H3. The van der Waals surface area contributed by atoms with Gasteiger partial charge in [-0.3, -0.25) is 0 Å². The van der Waals surface area contributed by atoms with Gasteiger partial charge in [-0.2, -0.15) is 11.8 Å². The SMILES string of the molecule is CCNC(Cc1ccccc1Cl)c1cc2c(s1)CCSC2. The van der Waals surface area contributed by atoms with Crippen molar-refractivity contribution in [3.05, 3.63) is 56.2 Å². The van der Waals surface area contributed by atoms with Crippen molar-refractivity contribution in [3.63, 3.8) is 0 Å². The van der Waals surface area contributed by atoms with Crippen LogP contribution in [0.3, 0.4) is 0 Å². The Morgan fingerprint density at radius 3 is 2.95 bits per heavy atom. The van der Waals surface area contributed by atoms with Crippen LogP contribution in [0.15, 0.2) is 30.3 Å². The highest BCUT2D eigenvalue weighted by molar-refractivity contribution is 7.98. The second-order valence-electron chi connectivity index (χ2n) is 5.31. The maximum atomic E-state index is 6.33. The van der Waals surface area contributed by atoms with Crippen molar-refractivity contribution < 1.29 is 0 Å². The molecule has 0 radical (unpaired) electrons. The van der Waals surface area contributed by atoms with Gasteiger partial charge < -0.3 is 5.32 Å². The van der Waals surface area contributed by atoms with Gasteiger partial charge in [0.1, 0.15) is 0 Å². The lowest BCUT2D eigenvalue weighted by molar-refractivity contribution is 0.558. The normalized spacial score (nSPS) is 15.7. The molecule has 1 aliphatic rings. The van der Waals surface area contributed by atoms with Gasteiger partial charge in [0.25, 0.3) is 0 Å². The Morgan fingerprint density at radius 1 is 1.33 bits per heavy atom. The zero-order valence-corrected chi connectivity index (χ0v) is 14.6. The van der Waals surface area contributed by atoms with Crippen molar-refractivity contribution in [2.45, 2.75) is 31.6 Å². The smallest absolute Gasteiger partial charge is 0.0456 e. The molecule has 21 heavy (non-hydrogen) atoms. The molecule has 112 valence electrons. The molecule has 4 heteroatoms. The maximum absolute atomic E-state index is 6.33. The summed E-state index contributed by atoms with van der Waals surface area (Å²) in [4.78, 5) is 3.05. The van der Waals surface area contributed by atoms with E-state index in [2.05, 4.69) is 30.4 Å². The third kappa shape index (κ3) is 3.65. The van der Waals surface area contributed by atoms with Crippen LogP contribution in [0.2, 0.25) is 5.02 Å². The molecule has 0 fully saturated rings. The number of hydrogen-bond donors (Lipinski definition) is 1. The van der Waals surface area contributed by atoms with Crippen molar-refractivity contribution in [3.8, 4) is 0 Å². The van der Waals surface area contributed by atoms with Gasteiger partial charge in [0.2, 0.25) is 0 Å². The molecular formula is C17H20ClNS2. The van der Waals surface area contributed by atoms with E-state index in [0.29, 0.717) is 6.04 Å². The summed E-state index contributed by atoms with van der Waals surface area (Å²) in [5.74, 6) is 2.44. The molecule has 3 rings (SSSR count). The molecule has 2 heterocycles. The number of nitrogens with one attached hydrogen (secondary N) is 1. The van der Waals surface area contributed by atoms with Crippen molar-refractivity contribution in [2.24, 2.45) is 0 Å². The predicted octanol–water partition coefficient (Wildman–Crippen LogP) is 5.08. The van der Waals surface area contributed by atoms with E-state index in [1.54, 1.807) is 10.4 Å². The minimum atomic E-state index is 0.371. The van der Waals surface area contributed by atoms with Gasteiger partial charge in [0, 0.05) is 26.6 Å². The molecule has 1 aliphatic heterocycles.